The summed E-state index contributed by atoms with van der Waals surface area (Å²) in [4.78, 5) is 18.0. The van der Waals surface area contributed by atoms with Gasteiger partial charge in [-0.3, -0.25) is 9.89 Å². The summed E-state index contributed by atoms with van der Waals surface area (Å²) in [5, 5.41) is 9.72. The Balaban J connectivity index is 1.71. The van der Waals surface area contributed by atoms with Crippen molar-refractivity contribution in [2.24, 2.45) is 0 Å². The van der Waals surface area contributed by atoms with Crippen LogP contribution in [-0.2, 0) is 17.1 Å². The second kappa shape index (κ2) is 6.72. The molecule has 2 aromatic rings. The van der Waals surface area contributed by atoms with Gasteiger partial charge in [0.2, 0.25) is 5.91 Å². The molecule has 2 heterocycles. The summed E-state index contributed by atoms with van der Waals surface area (Å²) in [5.41, 5.74) is 2.06. The molecule has 0 saturated heterocycles. The Bertz CT molecular complexity index is 524. The maximum Gasteiger partial charge on any atom is 0.232 e. The fourth-order valence-electron chi connectivity index (χ4n) is 1.55. The fraction of sp³-hybridized carbons (Fsp3) is 0.417. The molecule has 1 amide bonds. The Morgan fingerprint density at radius 1 is 1.58 bits per heavy atom. The van der Waals surface area contributed by atoms with Gasteiger partial charge < -0.3 is 4.90 Å². The molecule has 0 unspecified atom stereocenters. The lowest BCUT2D eigenvalue weighted by Gasteiger charge is -2.15. The molecule has 0 fully saturated rings. The van der Waals surface area contributed by atoms with Crippen LogP contribution in [-0.4, -0.2) is 38.8 Å². The number of hydrogen-bond acceptors (Lipinski definition) is 5. The quantitative estimate of drug-likeness (QED) is 0.886. The molecule has 0 atom stereocenters. The predicted molar refractivity (Wildman–Crippen MR) is 78.1 cm³/mol. The molecule has 0 aliphatic carbocycles. The van der Waals surface area contributed by atoms with Crippen molar-refractivity contribution >= 4 is 29.0 Å². The molecule has 0 spiro atoms. The van der Waals surface area contributed by atoms with E-state index in [4.69, 9.17) is 0 Å². The number of aromatic nitrogens is 3. The highest BCUT2D eigenvalue weighted by atomic mass is 32.2. The number of nitrogens with one attached hydrogen (secondary N) is 1. The lowest BCUT2D eigenvalue weighted by atomic mass is 10.3. The predicted octanol–water partition coefficient (Wildman–Crippen LogP) is 2.07. The largest absolute Gasteiger partial charge is 0.341 e. The number of thiazole rings is 1. The van der Waals surface area contributed by atoms with Crippen LogP contribution in [0.4, 0.5) is 0 Å². The molecule has 0 bridgehead atoms. The van der Waals surface area contributed by atoms with Crippen LogP contribution in [0.15, 0.2) is 17.8 Å². The van der Waals surface area contributed by atoms with Gasteiger partial charge in [0.25, 0.3) is 0 Å². The summed E-state index contributed by atoms with van der Waals surface area (Å²) in [6.45, 7) is 2.58. The van der Waals surface area contributed by atoms with Crippen LogP contribution < -0.4 is 0 Å². The van der Waals surface area contributed by atoms with Crippen LogP contribution in [0.2, 0.25) is 0 Å². The van der Waals surface area contributed by atoms with Crippen LogP contribution in [0.3, 0.4) is 0 Å². The van der Waals surface area contributed by atoms with Gasteiger partial charge >= 0.3 is 0 Å². The van der Waals surface area contributed by atoms with Crippen LogP contribution in [0.1, 0.15) is 16.3 Å². The SMILES string of the molecule is Cc1nc(CSCC(=O)N(C)Cc2cn[nH]c2)cs1. The minimum atomic E-state index is 0.123. The number of thioether (sulfide) groups is 1. The summed E-state index contributed by atoms with van der Waals surface area (Å²) in [5.74, 6) is 1.39. The molecule has 19 heavy (non-hydrogen) atoms. The first-order valence-corrected chi connectivity index (χ1v) is 7.89. The van der Waals surface area contributed by atoms with E-state index in [1.54, 1.807) is 40.4 Å². The molecule has 0 aliphatic heterocycles. The number of rotatable bonds is 6. The van der Waals surface area contributed by atoms with Crippen molar-refractivity contribution in [2.75, 3.05) is 12.8 Å². The zero-order valence-corrected chi connectivity index (χ0v) is 12.6. The molecule has 0 saturated carbocycles. The molecule has 102 valence electrons. The number of aromatic amines is 1. The van der Waals surface area contributed by atoms with Gasteiger partial charge in [0.15, 0.2) is 0 Å². The maximum absolute atomic E-state index is 11.9. The summed E-state index contributed by atoms with van der Waals surface area (Å²) >= 11 is 3.24. The second-order valence-corrected chi connectivity index (χ2v) is 6.25. The van der Waals surface area contributed by atoms with E-state index in [2.05, 4.69) is 15.2 Å². The van der Waals surface area contributed by atoms with Crippen LogP contribution in [0.5, 0.6) is 0 Å². The van der Waals surface area contributed by atoms with Gasteiger partial charge in [-0.2, -0.15) is 5.10 Å². The average Bonchev–Trinajstić information content (AvgIpc) is 3.01. The van der Waals surface area contributed by atoms with Crippen LogP contribution in [0, 0.1) is 6.92 Å². The molecule has 1 N–H and O–H groups in total. The van der Waals surface area contributed by atoms with E-state index in [0.29, 0.717) is 12.3 Å². The number of H-pyrrole nitrogens is 1. The normalized spacial score (nSPS) is 10.6. The minimum absolute atomic E-state index is 0.123. The Morgan fingerprint density at radius 2 is 2.42 bits per heavy atom. The van der Waals surface area contributed by atoms with E-state index >= 15 is 0 Å². The first-order chi connectivity index (χ1) is 9.15. The van der Waals surface area contributed by atoms with E-state index < -0.39 is 0 Å². The topological polar surface area (TPSA) is 61.9 Å². The number of hydrogen-bond donors (Lipinski definition) is 1. The molecule has 0 aliphatic rings. The summed E-state index contributed by atoms with van der Waals surface area (Å²) in [6, 6.07) is 0. The smallest absolute Gasteiger partial charge is 0.232 e. The highest BCUT2D eigenvalue weighted by Crippen LogP contribution is 2.15. The molecular weight excluding hydrogens is 280 g/mol. The van der Waals surface area contributed by atoms with E-state index in [0.717, 1.165) is 22.0 Å². The van der Waals surface area contributed by atoms with E-state index in [-0.39, 0.29) is 5.91 Å². The summed E-state index contributed by atoms with van der Waals surface area (Å²) < 4.78 is 0. The van der Waals surface area contributed by atoms with Gasteiger partial charge in [0.05, 0.1) is 22.7 Å². The molecule has 2 aromatic heterocycles. The number of aryl methyl sites for hydroxylation is 1. The number of carbonyl (C=O) groups is 1. The van der Waals surface area contributed by atoms with Gasteiger partial charge in [-0.25, -0.2) is 4.98 Å². The van der Waals surface area contributed by atoms with Crippen molar-refractivity contribution in [1.82, 2.24) is 20.1 Å². The van der Waals surface area contributed by atoms with E-state index in [1.807, 2.05) is 19.4 Å². The number of carbonyl (C=O) groups excluding carboxylic acids is 1. The van der Waals surface area contributed by atoms with E-state index in [1.165, 1.54) is 0 Å². The Labute approximate surface area is 120 Å². The van der Waals surface area contributed by atoms with E-state index in [9.17, 15) is 4.79 Å². The van der Waals surface area contributed by atoms with Gasteiger partial charge in [0.1, 0.15) is 0 Å². The highest BCUT2D eigenvalue weighted by Gasteiger charge is 2.10. The third-order valence-corrected chi connectivity index (χ3v) is 4.32. The number of amides is 1. The molecule has 0 radical (unpaired) electrons. The summed E-state index contributed by atoms with van der Waals surface area (Å²) in [7, 11) is 1.81. The van der Waals surface area contributed by atoms with Crippen molar-refractivity contribution in [2.45, 2.75) is 19.2 Å². The zero-order valence-electron chi connectivity index (χ0n) is 10.9. The van der Waals surface area contributed by atoms with Crippen molar-refractivity contribution in [1.29, 1.82) is 0 Å². The zero-order chi connectivity index (χ0) is 13.7. The van der Waals surface area contributed by atoms with Crippen LogP contribution >= 0.6 is 23.1 Å². The maximum atomic E-state index is 11.9. The third kappa shape index (κ3) is 4.36. The van der Waals surface area contributed by atoms with Gasteiger partial charge in [-0.1, -0.05) is 0 Å². The molecular formula is C12H16N4OS2. The van der Waals surface area contributed by atoms with Gasteiger partial charge in [-0.05, 0) is 6.92 Å². The Kier molecular flexibility index (Phi) is 4.98. The fourth-order valence-corrected chi connectivity index (χ4v) is 3.13. The minimum Gasteiger partial charge on any atom is -0.341 e. The first-order valence-electron chi connectivity index (χ1n) is 5.85. The summed E-state index contributed by atoms with van der Waals surface area (Å²) in [6.07, 6.45) is 3.53. The van der Waals surface area contributed by atoms with Crippen molar-refractivity contribution in [3.63, 3.8) is 0 Å². The van der Waals surface area contributed by atoms with Crippen molar-refractivity contribution in [3.8, 4) is 0 Å². The highest BCUT2D eigenvalue weighted by molar-refractivity contribution is 7.99. The standard InChI is InChI=1S/C12H16N4OS2/c1-9-15-11(7-19-9)6-18-8-12(17)16(2)5-10-3-13-14-4-10/h3-4,7H,5-6,8H2,1-2H3,(H,13,14). The van der Waals surface area contributed by atoms with Crippen molar-refractivity contribution < 1.29 is 4.79 Å². The molecule has 0 aromatic carbocycles. The Morgan fingerprint density at radius 3 is 3.05 bits per heavy atom. The molecule has 2 rings (SSSR count). The molecule has 5 nitrogen and oxygen atoms in total. The third-order valence-electron chi connectivity index (χ3n) is 2.54. The second-order valence-electron chi connectivity index (χ2n) is 4.21. The monoisotopic (exact) mass is 296 g/mol. The lowest BCUT2D eigenvalue weighted by Crippen LogP contribution is -2.27. The van der Waals surface area contributed by atoms with Crippen molar-refractivity contribution in [3.05, 3.63) is 34.0 Å². The Hall–Kier alpha value is -1.34. The molecule has 7 heteroatoms. The first kappa shape index (κ1) is 14.1. The lowest BCUT2D eigenvalue weighted by molar-refractivity contribution is -0.127. The number of nitrogens with zero attached hydrogens (tertiary/aromatic N) is 3. The van der Waals surface area contributed by atoms with Gasteiger partial charge in [0, 0.05) is 36.5 Å². The average molecular weight is 296 g/mol. The van der Waals surface area contributed by atoms with Crippen LogP contribution in [0.25, 0.3) is 0 Å². The van der Waals surface area contributed by atoms with Gasteiger partial charge in [-0.15, -0.1) is 23.1 Å².